The summed E-state index contributed by atoms with van der Waals surface area (Å²) in [4.78, 5) is 14.3. The average molecular weight is 424 g/mol. The minimum absolute atomic E-state index is 0.0389. The number of aryl methyl sites for hydroxylation is 1. The van der Waals surface area contributed by atoms with Crippen LogP contribution in [-0.4, -0.2) is 45.9 Å². The first-order valence-electron chi connectivity index (χ1n) is 10.1. The number of hydrogen-bond acceptors (Lipinski definition) is 3. The van der Waals surface area contributed by atoms with E-state index >= 15 is 0 Å². The maximum atomic E-state index is 13.6. The summed E-state index contributed by atoms with van der Waals surface area (Å²) in [5, 5.41) is 7.25. The van der Waals surface area contributed by atoms with Crippen molar-refractivity contribution >= 4 is 11.7 Å². The summed E-state index contributed by atoms with van der Waals surface area (Å²) in [5.41, 5.74) is 1.16. The molecule has 2 aliphatic heterocycles. The molecule has 3 heterocycles. The van der Waals surface area contributed by atoms with Crippen LogP contribution in [0.1, 0.15) is 36.6 Å². The van der Waals surface area contributed by atoms with E-state index in [1.807, 2.05) is 0 Å². The molecule has 0 bridgehead atoms. The molecule has 30 heavy (non-hydrogen) atoms. The van der Waals surface area contributed by atoms with Gasteiger partial charge >= 0.3 is 6.18 Å². The second-order valence-corrected chi connectivity index (χ2v) is 8.18. The fourth-order valence-electron chi connectivity index (χ4n) is 4.52. The Hall–Kier alpha value is -2.58. The quantitative estimate of drug-likeness (QED) is 0.755. The van der Waals surface area contributed by atoms with Gasteiger partial charge in [-0.25, -0.2) is 9.07 Å². The Morgan fingerprint density at radius 1 is 1.23 bits per heavy atom. The number of likely N-dealkylation sites (tertiary alicyclic amines) is 1. The molecule has 0 saturated carbocycles. The highest BCUT2D eigenvalue weighted by molar-refractivity contribution is 5.78. The van der Waals surface area contributed by atoms with E-state index in [9.17, 15) is 22.4 Å². The molecule has 0 aliphatic carbocycles. The number of anilines is 1. The van der Waals surface area contributed by atoms with Gasteiger partial charge in [-0.15, -0.1) is 0 Å². The molecule has 9 heteroatoms. The zero-order valence-corrected chi connectivity index (χ0v) is 16.6. The Morgan fingerprint density at radius 3 is 2.63 bits per heavy atom. The normalized spacial score (nSPS) is 22.5. The van der Waals surface area contributed by atoms with Crippen LogP contribution in [0, 0.1) is 18.7 Å². The minimum atomic E-state index is -4.37. The molecule has 4 rings (SSSR count). The summed E-state index contributed by atoms with van der Waals surface area (Å²) in [7, 11) is 0. The smallest absolute Gasteiger partial charge is 0.367 e. The highest BCUT2D eigenvalue weighted by atomic mass is 19.4. The summed E-state index contributed by atoms with van der Waals surface area (Å²) >= 11 is 0. The number of piperidine rings is 1. The van der Waals surface area contributed by atoms with E-state index in [1.165, 1.54) is 12.1 Å². The lowest BCUT2D eigenvalue weighted by Crippen LogP contribution is -2.47. The molecule has 5 nitrogen and oxygen atoms in total. The predicted octanol–water partition coefficient (Wildman–Crippen LogP) is 4.10. The maximum absolute atomic E-state index is 13.6. The van der Waals surface area contributed by atoms with E-state index in [2.05, 4.69) is 10.4 Å². The van der Waals surface area contributed by atoms with Crippen molar-refractivity contribution < 1.29 is 22.4 Å². The lowest BCUT2D eigenvalue weighted by molar-refractivity contribution is -0.174. The van der Waals surface area contributed by atoms with Gasteiger partial charge < -0.3 is 10.2 Å². The number of hydrogen-bond donors (Lipinski definition) is 1. The molecule has 0 radical (unpaired) electrons. The SMILES string of the molecule is Cc1cc2n(n1)[C@@H](C(F)(F)F)C[C@@H](C1CCN(C(=O)Cc3cccc(F)c3)CC1)N2. The van der Waals surface area contributed by atoms with Crippen LogP contribution in [-0.2, 0) is 11.2 Å². The van der Waals surface area contributed by atoms with Gasteiger partial charge in [0.25, 0.3) is 0 Å². The van der Waals surface area contributed by atoms with Crippen LogP contribution in [0.5, 0.6) is 0 Å². The van der Waals surface area contributed by atoms with Crippen LogP contribution in [0.25, 0.3) is 0 Å². The highest BCUT2D eigenvalue weighted by Gasteiger charge is 2.47. The Balaban J connectivity index is 1.38. The molecule has 0 unspecified atom stereocenters. The van der Waals surface area contributed by atoms with Crippen molar-refractivity contribution in [2.45, 2.75) is 50.9 Å². The lowest BCUT2D eigenvalue weighted by Gasteiger charge is -2.41. The summed E-state index contributed by atoms with van der Waals surface area (Å²) in [6.45, 7) is 2.66. The van der Waals surface area contributed by atoms with Gasteiger partial charge in [0, 0.05) is 25.2 Å². The van der Waals surface area contributed by atoms with Crippen LogP contribution in [0.3, 0.4) is 0 Å². The molecule has 162 valence electrons. The van der Waals surface area contributed by atoms with E-state index in [0.29, 0.717) is 43.0 Å². The molecule has 1 saturated heterocycles. The Bertz CT molecular complexity index is 918. The highest BCUT2D eigenvalue weighted by Crippen LogP contribution is 2.42. The van der Waals surface area contributed by atoms with Gasteiger partial charge in [0.15, 0.2) is 6.04 Å². The number of benzene rings is 1. The maximum Gasteiger partial charge on any atom is 0.410 e. The van der Waals surface area contributed by atoms with Gasteiger partial charge in [0.1, 0.15) is 11.6 Å². The average Bonchev–Trinajstić information content (AvgIpc) is 3.06. The number of fused-ring (bicyclic) bond motifs is 1. The summed E-state index contributed by atoms with van der Waals surface area (Å²) in [6.07, 6.45) is -3.05. The zero-order chi connectivity index (χ0) is 21.5. The minimum Gasteiger partial charge on any atom is -0.367 e. The molecule has 1 aromatic heterocycles. The first-order chi connectivity index (χ1) is 14.2. The van der Waals surface area contributed by atoms with Crippen molar-refractivity contribution in [3.63, 3.8) is 0 Å². The molecular weight excluding hydrogens is 400 g/mol. The fourth-order valence-corrected chi connectivity index (χ4v) is 4.52. The Kier molecular flexibility index (Phi) is 5.46. The van der Waals surface area contributed by atoms with Crippen molar-refractivity contribution in [2.24, 2.45) is 5.92 Å². The van der Waals surface area contributed by atoms with Gasteiger partial charge in [0.05, 0.1) is 12.1 Å². The van der Waals surface area contributed by atoms with Gasteiger partial charge in [-0.2, -0.15) is 18.3 Å². The number of rotatable bonds is 3. The molecule has 2 aromatic rings. The topological polar surface area (TPSA) is 50.2 Å². The van der Waals surface area contributed by atoms with Crippen molar-refractivity contribution in [1.82, 2.24) is 14.7 Å². The van der Waals surface area contributed by atoms with Crippen LogP contribution in [0.4, 0.5) is 23.4 Å². The second kappa shape index (κ2) is 7.92. The summed E-state index contributed by atoms with van der Waals surface area (Å²) in [5.74, 6) is -0.0266. The van der Waals surface area contributed by atoms with Crippen molar-refractivity contribution in [3.8, 4) is 0 Å². The number of nitrogens with zero attached hydrogens (tertiary/aromatic N) is 3. The van der Waals surface area contributed by atoms with Crippen LogP contribution < -0.4 is 5.32 Å². The van der Waals surface area contributed by atoms with Crippen molar-refractivity contribution in [3.05, 3.63) is 47.4 Å². The second-order valence-electron chi connectivity index (χ2n) is 8.18. The largest absolute Gasteiger partial charge is 0.410 e. The predicted molar refractivity (Wildman–Crippen MR) is 103 cm³/mol. The molecule has 1 aromatic carbocycles. The molecule has 2 aliphatic rings. The van der Waals surface area contributed by atoms with Crippen LogP contribution in [0.15, 0.2) is 30.3 Å². The number of amides is 1. The molecule has 1 N–H and O–H groups in total. The molecule has 2 atom stereocenters. The third-order valence-electron chi connectivity index (χ3n) is 6.05. The lowest BCUT2D eigenvalue weighted by atomic mass is 9.84. The van der Waals surface area contributed by atoms with E-state index in [0.717, 1.165) is 4.68 Å². The van der Waals surface area contributed by atoms with Crippen molar-refractivity contribution in [1.29, 1.82) is 0 Å². The third kappa shape index (κ3) is 4.29. The zero-order valence-electron chi connectivity index (χ0n) is 16.6. The van der Waals surface area contributed by atoms with Gasteiger partial charge in [0.2, 0.25) is 5.91 Å². The number of carbonyl (C=O) groups is 1. The number of alkyl halides is 3. The van der Waals surface area contributed by atoms with Gasteiger partial charge in [-0.1, -0.05) is 12.1 Å². The summed E-state index contributed by atoms with van der Waals surface area (Å²) < 4.78 is 55.2. The third-order valence-corrected chi connectivity index (χ3v) is 6.05. The number of nitrogens with one attached hydrogen (secondary N) is 1. The van der Waals surface area contributed by atoms with Gasteiger partial charge in [-0.05, 0) is 49.8 Å². The standard InChI is InChI=1S/C21H24F4N4O/c1-13-9-19-26-17(12-18(21(23,24)25)29(19)27-13)15-5-7-28(8-6-15)20(30)11-14-3-2-4-16(22)10-14/h2-4,9-10,15,17-18,26H,5-8,11-12H2,1H3/t17-,18+/m0/s1. The molecule has 1 amide bonds. The van der Waals surface area contributed by atoms with Crippen LogP contribution >= 0.6 is 0 Å². The van der Waals surface area contributed by atoms with Gasteiger partial charge in [-0.3, -0.25) is 4.79 Å². The first kappa shape index (κ1) is 20.7. The Labute approximate surface area is 172 Å². The first-order valence-corrected chi connectivity index (χ1v) is 10.1. The van der Waals surface area contributed by atoms with E-state index < -0.39 is 12.2 Å². The molecular formula is C21H24F4N4O. The van der Waals surface area contributed by atoms with E-state index in [-0.39, 0.29) is 36.5 Å². The monoisotopic (exact) mass is 424 g/mol. The number of halogens is 4. The number of aromatic nitrogens is 2. The molecule has 1 fully saturated rings. The van der Waals surface area contributed by atoms with E-state index in [4.69, 9.17) is 0 Å². The Morgan fingerprint density at radius 2 is 1.97 bits per heavy atom. The molecule has 0 spiro atoms. The number of carbonyl (C=O) groups excluding carboxylic acids is 1. The van der Waals surface area contributed by atoms with Crippen molar-refractivity contribution in [2.75, 3.05) is 18.4 Å². The summed E-state index contributed by atoms with van der Waals surface area (Å²) in [6, 6.07) is 5.64. The fraction of sp³-hybridized carbons (Fsp3) is 0.524. The van der Waals surface area contributed by atoms with E-state index in [1.54, 1.807) is 30.0 Å². The van der Waals surface area contributed by atoms with Crippen LogP contribution in [0.2, 0.25) is 0 Å².